The molecule has 0 aliphatic heterocycles. The highest BCUT2D eigenvalue weighted by Gasteiger charge is 2.22. The van der Waals surface area contributed by atoms with Crippen LogP contribution in [-0.4, -0.2) is 15.5 Å². The Morgan fingerprint density at radius 3 is 2.89 bits per heavy atom. The molecule has 5 nitrogen and oxygen atoms in total. The number of benzene rings is 1. The molecular formula is C13H15FN4O. The molecule has 1 atom stereocenters. The second-order valence-electron chi connectivity index (χ2n) is 4.06. The number of aromatic nitrogens is 2. The van der Waals surface area contributed by atoms with Crippen molar-refractivity contribution in [2.24, 2.45) is 5.73 Å². The summed E-state index contributed by atoms with van der Waals surface area (Å²) in [5.74, 6) is -1.02. The highest BCUT2D eigenvalue weighted by atomic mass is 19.1. The number of hydrogen-bond donors (Lipinski definition) is 2. The van der Waals surface area contributed by atoms with Crippen molar-refractivity contribution in [1.82, 2.24) is 9.55 Å². The largest absolute Gasteiger partial charge is 0.368 e. The molecule has 1 aromatic carbocycles. The lowest BCUT2D eigenvalue weighted by Crippen LogP contribution is -2.29. The van der Waals surface area contributed by atoms with Crippen molar-refractivity contribution in [2.75, 3.05) is 5.32 Å². The van der Waals surface area contributed by atoms with Crippen molar-refractivity contribution in [2.45, 2.75) is 19.5 Å². The van der Waals surface area contributed by atoms with Crippen LogP contribution in [0.2, 0.25) is 0 Å². The minimum Gasteiger partial charge on any atom is -0.368 e. The summed E-state index contributed by atoms with van der Waals surface area (Å²) in [5, 5.41) is 2.81. The lowest BCUT2D eigenvalue weighted by Gasteiger charge is -2.18. The number of imidazole rings is 1. The second kappa shape index (κ2) is 5.51. The molecule has 1 aromatic heterocycles. The first-order valence-electron chi connectivity index (χ1n) is 5.94. The van der Waals surface area contributed by atoms with Crippen LogP contribution in [0.4, 0.5) is 10.1 Å². The molecule has 0 saturated heterocycles. The van der Waals surface area contributed by atoms with E-state index in [9.17, 15) is 9.18 Å². The lowest BCUT2D eigenvalue weighted by atomic mass is 10.2. The maximum absolute atomic E-state index is 13.6. The number of carbonyl (C=O) groups is 1. The molecular weight excluding hydrogens is 247 g/mol. The van der Waals surface area contributed by atoms with E-state index in [-0.39, 0.29) is 5.69 Å². The number of para-hydroxylation sites is 1. The summed E-state index contributed by atoms with van der Waals surface area (Å²) in [6, 6.07) is 5.31. The van der Waals surface area contributed by atoms with E-state index in [2.05, 4.69) is 10.3 Å². The standard InChI is InChI=1S/C13H15FN4O/c1-2-18-8-16-7-11(18)12(13(15)19)17-10-6-4-3-5-9(10)14/h3-8,12,17H,2H2,1H3,(H2,15,19). The number of primary amides is 1. The summed E-state index contributed by atoms with van der Waals surface area (Å²) in [4.78, 5) is 15.6. The van der Waals surface area contributed by atoms with Crippen LogP contribution in [-0.2, 0) is 11.3 Å². The zero-order valence-electron chi connectivity index (χ0n) is 10.5. The van der Waals surface area contributed by atoms with Crippen LogP contribution in [0.1, 0.15) is 18.7 Å². The molecule has 2 rings (SSSR count). The van der Waals surface area contributed by atoms with Gasteiger partial charge in [0.05, 0.1) is 23.9 Å². The molecule has 0 aliphatic carbocycles. The van der Waals surface area contributed by atoms with Crippen LogP contribution in [0, 0.1) is 5.82 Å². The second-order valence-corrected chi connectivity index (χ2v) is 4.06. The summed E-state index contributed by atoms with van der Waals surface area (Å²) >= 11 is 0. The van der Waals surface area contributed by atoms with Gasteiger partial charge in [0.2, 0.25) is 5.91 Å². The Kier molecular flexibility index (Phi) is 3.79. The predicted octanol–water partition coefficient (Wildman–Crippen LogP) is 1.68. The molecule has 0 bridgehead atoms. The Labute approximate surface area is 110 Å². The molecule has 0 spiro atoms. The summed E-state index contributed by atoms with van der Waals surface area (Å²) in [7, 11) is 0. The number of carbonyl (C=O) groups excluding carboxylic acids is 1. The van der Waals surface area contributed by atoms with Gasteiger partial charge in [-0.25, -0.2) is 9.37 Å². The molecule has 1 amide bonds. The number of amides is 1. The van der Waals surface area contributed by atoms with Gasteiger partial charge in [0, 0.05) is 6.54 Å². The fourth-order valence-electron chi connectivity index (χ4n) is 1.86. The first-order valence-corrected chi connectivity index (χ1v) is 5.94. The van der Waals surface area contributed by atoms with Gasteiger partial charge >= 0.3 is 0 Å². The van der Waals surface area contributed by atoms with Crippen molar-refractivity contribution < 1.29 is 9.18 Å². The number of rotatable bonds is 5. The number of nitrogens with one attached hydrogen (secondary N) is 1. The molecule has 0 saturated carbocycles. The highest BCUT2D eigenvalue weighted by molar-refractivity contribution is 5.84. The molecule has 2 aromatic rings. The molecule has 1 unspecified atom stereocenters. The van der Waals surface area contributed by atoms with Crippen LogP contribution in [0.3, 0.4) is 0 Å². The Hall–Kier alpha value is -2.37. The normalized spacial score (nSPS) is 12.1. The number of nitrogens with two attached hydrogens (primary N) is 1. The van der Waals surface area contributed by atoms with Gasteiger partial charge < -0.3 is 15.6 Å². The molecule has 19 heavy (non-hydrogen) atoms. The summed E-state index contributed by atoms with van der Waals surface area (Å²) in [5.41, 5.74) is 6.23. The molecule has 0 aliphatic rings. The van der Waals surface area contributed by atoms with Gasteiger partial charge in [-0.15, -0.1) is 0 Å². The monoisotopic (exact) mass is 262 g/mol. The van der Waals surface area contributed by atoms with Crippen LogP contribution >= 0.6 is 0 Å². The van der Waals surface area contributed by atoms with Crippen molar-refractivity contribution in [3.05, 3.63) is 48.3 Å². The number of halogens is 1. The number of nitrogens with zero attached hydrogens (tertiary/aromatic N) is 2. The van der Waals surface area contributed by atoms with Gasteiger partial charge in [-0.05, 0) is 19.1 Å². The third-order valence-corrected chi connectivity index (χ3v) is 2.84. The van der Waals surface area contributed by atoms with Gasteiger partial charge in [0.25, 0.3) is 0 Å². The van der Waals surface area contributed by atoms with E-state index < -0.39 is 17.8 Å². The van der Waals surface area contributed by atoms with Gasteiger partial charge in [0.1, 0.15) is 11.9 Å². The summed E-state index contributed by atoms with van der Waals surface area (Å²) < 4.78 is 15.4. The third-order valence-electron chi connectivity index (χ3n) is 2.84. The van der Waals surface area contributed by atoms with Crippen molar-refractivity contribution >= 4 is 11.6 Å². The molecule has 1 heterocycles. The minimum atomic E-state index is -0.820. The molecule has 0 fully saturated rings. The number of anilines is 1. The van der Waals surface area contributed by atoms with Gasteiger partial charge in [-0.2, -0.15) is 0 Å². The minimum absolute atomic E-state index is 0.232. The third kappa shape index (κ3) is 2.73. The highest BCUT2D eigenvalue weighted by Crippen LogP contribution is 2.21. The van der Waals surface area contributed by atoms with Crippen LogP contribution in [0.5, 0.6) is 0 Å². The number of hydrogen-bond acceptors (Lipinski definition) is 3. The van der Waals surface area contributed by atoms with E-state index in [0.29, 0.717) is 12.2 Å². The van der Waals surface area contributed by atoms with E-state index in [1.807, 2.05) is 6.92 Å². The van der Waals surface area contributed by atoms with Crippen molar-refractivity contribution in [3.8, 4) is 0 Å². The Balaban J connectivity index is 2.32. The maximum Gasteiger partial charge on any atom is 0.246 e. The zero-order chi connectivity index (χ0) is 13.8. The SMILES string of the molecule is CCn1cncc1C(Nc1ccccc1F)C(N)=O. The first-order chi connectivity index (χ1) is 9.13. The quantitative estimate of drug-likeness (QED) is 0.861. The van der Waals surface area contributed by atoms with Crippen LogP contribution in [0.25, 0.3) is 0 Å². The van der Waals surface area contributed by atoms with Gasteiger partial charge in [-0.1, -0.05) is 12.1 Å². The Morgan fingerprint density at radius 2 is 2.26 bits per heavy atom. The van der Waals surface area contributed by atoms with Crippen molar-refractivity contribution in [3.63, 3.8) is 0 Å². The van der Waals surface area contributed by atoms with E-state index >= 15 is 0 Å². The average molecular weight is 262 g/mol. The fourth-order valence-corrected chi connectivity index (χ4v) is 1.86. The van der Waals surface area contributed by atoms with Crippen LogP contribution < -0.4 is 11.1 Å². The smallest absolute Gasteiger partial charge is 0.246 e. The molecule has 6 heteroatoms. The van der Waals surface area contributed by atoms with Gasteiger partial charge in [0.15, 0.2) is 0 Å². The van der Waals surface area contributed by atoms with Crippen molar-refractivity contribution in [1.29, 1.82) is 0 Å². The molecule has 100 valence electrons. The topological polar surface area (TPSA) is 72.9 Å². The van der Waals surface area contributed by atoms with E-state index in [0.717, 1.165) is 0 Å². The first kappa shape index (κ1) is 13.1. The van der Waals surface area contributed by atoms with E-state index in [1.54, 1.807) is 35.3 Å². The van der Waals surface area contributed by atoms with Crippen LogP contribution in [0.15, 0.2) is 36.8 Å². The zero-order valence-corrected chi connectivity index (χ0v) is 10.5. The summed E-state index contributed by atoms with van der Waals surface area (Å²) in [6.07, 6.45) is 3.15. The molecule has 3 N–H and O–H groups in total. The lowest BCUT2D eigenvalue weighted by molar-refractivity contribution is -0.119. The average Bonchev–Trinajstić information content (AvgIpc) is 2.85. The van der Waals surface area contributed by atoms with E-state index in [4.69, 9.17) is 5.73 Å². The van der Waals surface area contributed by atoms with E-state index in [1.165, 1.54) is 6.07 Å². The molecule has 0 radical (unpaired) electrons. The Bertz CT molecular complexity index is 582. The fraction of sp³-hybridized carbons (Fsp3) is 0.231. The Morgan fingerprint density at radius 1 is 1.53 bits per heavy atom. The van der Waals surface area contributed by atoms with Gasteiger partial charge in [-0.3, -0.25) is 4.79 Å². The maximum atomic E-state index is 13.6. The number of aryl methyl sites for hydroxylation is 1. The predicted molar refractivity (Wildman–Crippen MR) is 69.9 cm³/mol. The summed E-state index contributed by atoms with van der Waals surface area (Å²) in [6.45, 7) is 2.57.